The number of ether oxygens (including phenoxy) is 1. The normalized spacial score (nSPS) is 19.4. The molecule has 1 aliphatic rings. The maximum atomic E-state index is 5.73. The summed E-state index contributed by atoms with van der Waals surface area (Å²) in [6, 6.07) is 4.67. The molecule has 0 bridgehead atoms. The zero-order chi connectivity index (χ0) is 13.3. The molecule has 0 radical (unpaired) electrons. The summed E-state index contributed by atoms with van der Waals surface area (Å²) in [6.45, 7) is 11.3. The highest BCUT2D eigenvalue weighted by atomic mass is 16.5. The molecule has 0 aliphatic carbocycles. The summed E-state index contributed by atoms with van der Waals surface area (Å²) in [7, 11) is 0. The third-order valence-electron chi connectivity index (χ3n) is 4.64. The zero-order valence-corrected chi connectivity index (χ0v) is 12.0. The Morgan fingerprint density at radius 2 is 1.78 bits per heavy atom. The van der Waals surface area contributed by atoms with Crippen LogP contribution in [-0.4, -0.2) is 19.8 Å². The summed E-state index contributed by atoms with van der Waals surface area (Å²) in [4.78, 5) is 0. The van der Waals surface area contributed by atoms with Crippen LogP contribution in [0.1, 0.15) is 35.6 Å². The smallest absolute Gasteiger partial charge is 0.0588 e. The average molecular weight is 247 g/mol. The van der Waals surface area contributed by atoms with Crippen molar-refractivity contribution in [2.75, 3.05) is 19.8 Å². The van der Waals surface area contributed by atoms with Gasteiger partial charge < -0.3 is 10.5 Å². The minimum Gasteiger partial charge on any atom is -0.379 e. The van der Waals surface area contributed by atoms with Crippen molar-refractivity contribution in [1.29, 1.82) is 0 Å². The van der Waals surface area contributed by atoms with E-state index in [0.29, 0.717) is 5.92 Å². The second kappa shape index (κ2) is 5.02. The molecular formula is C16H25NO. The fourth-order valence-electron chi connectivity index (χ4n) is 3.05. The quantitative estimate of drug-likeness (QED) is 0.888. The number of rotatable bonds is 4. The molecule has 1 atom stereocenters. The Morgan fingerprint density at radius 1 is 1.17 bits per heavy atom. The fourth-order valence-corrected chi connectivity index (χ4v) is 3.05. The summed E-state index contributed by atoms with van der Waals surface area (Å²) in [5.41, 5.74) is 11.5. The van der Waals surface area contributed by atoms with Crippen LogP contribution in [0.4, 0.5) is 0 Å². The summed E-state index contributed by atoms with van der Waals surface area (Å²) < 4.78 is 5.54. The van der Waals surface area contributed by atoms with Gasteiger partial charge in [-0.25, -0.2) is 0 Å². The van der Waals surface area contributed by atoms with Gasteiger partial charge in [0.05, 0.1) is 13.2 Å². The fraction of sp³-hybridized carbons (Fsp3) is 0.625. The first kappa shape index (κ1) is 13.6. The number of hydrogen-bond acceptors (Lipinski definition) is 2. The lowest BCUT2D eigenvalue weighted by molar-refractivity contribution is -0.0886. The van der Waals surface area contributed by atoms with Gasteiger partial charge in [-0.15, -0.1) is 0 Å². The van der Waals surface area contributed by atoms with Crippen LogP contribution in [0.15, 0.2) is 12.1 Å². The standard InChI is InChI=1S/C16H25NO/c1-11-7-13(3)15(8-12(11)2)16(9-18-10-16)14(4)5-6-17/h7-8,14H,5-6,9-10,17H2,1-4H3. The largest absolute Gasteiger partial charge is 0.379 e. The molecule has 1 fully saturated rings. The van der Waals surface area contributed by atoms with E-state index in [4.69, 9.17) is 10.5 Å². The molecule has 0 amide bonds. The number of nitrogens with two attached hydrogens (primary N) is 1. The van der Waals surface area contributed by atoms with Gasteiger partial charge in [-0.05, 0) is 61.9 Å². The highest BCUT2D eigenvalue weighted by Gasteiger charge is 2.45. The van der Waals surface area contributed by atoms with Gasteiger partial charge in [0.15, 0.2) is 0 Å². The number of hydrogen-bond donors (Lipinski definition) is 1. The van der Waals surface area contributed by atoms with Crippen molar-refractivity contribution in [3.05, 3.63) is 34.4 Å². The Morgan fingerprint density at radius 3 is 2.28 bits per heavy atom. The summed E-state index contributed by atoms with van der Waals surface area (Å²) >= 11 is 0. The van der Waals surface area contributed by atoms with E-state index in [0.717, 1.165) is 26.2 Å². The molecule has 0 saturated carbocycles. The van der Waals surface area contributed by atoms with Crippen molar-refractivity contribution in [2.24, 2.45) is 11.7 Å². The van der Waals surface area contributed by atoms with Gasteiger partial charge in [0.2, 0.25) is 0 Å². The first-order chi connectivity index (χ1) is 8.51. The van der Waals surface area contributed by atoms with Gasteiger partial charge >= 0.3 is 0 Å². The van der Waals surface area contributed by atoms with E-state index < -0.39 is 0 Å². The van der Waals surface area contributed by atoms with Crippen LogP contribution in [-0.2, 0) is 10.2 Å². The molecule has 1 heterocycles. The predicted molar refractivity (Wildman–Crippen MR) is 76.0 cm³/mol. The van der Waals surface area contributed by atoms with Crippen molar-refractivity contribution < 1.29 is 4.74 Å². The van der Waals surface area contributed by atoms with Gasteiger partial charge in [0, 0.05) is 5.41 Å². The first-order valence-electron chi connectivity index (χ1n) is 6.87. The first-order valence-corrected chi connectivity index (χ1v) is 6.87. The van der Waals surface area contributed by atoms with E-state index in [1.807, 2.05) is 0 Å². The van der Waals surface area contributed by atoms with E-state index in [1.54, 1.807) is 0 Å². The SMILES string of the molecule is Cc1cc(C)c(C2(C(C)CCN)COC2)cc1C. The minimum atomic E-state index is 0.196. The van der Waals surface area contributed by atoms with Crippen molar-refractivity contribution in [2.45, 2.75) is 39.5 Å². The molecule has 2 heteroatoms. The monoisotopic (exact) mass is 247 g/mol. The number of aryl methyl sites for hydroxylation is 3. The number of benzene rings is 1. The Labute approximate surface area is 111 Å². The molecule has 1 aromatic carbocycles. The molecular weight excluding hydrogens is 222 g/mol. The Kier molecular flexibility index (Phi) is 3.79. The summed E-state index contributed by atoms with van der Waals surface area (Å²) in [5.74, 6) is 0.581. The molecule has 100 valence electrons. The van der Waals surface area contributed by atoms with Crippen LogP contribution in [0, 0.1) is 26.7 Å². The third-order valence-corrected chi connectivity index (χ3v) is 4.64. The molecule has 2 rings (SSSR count). The Bertz CT molecular complexity index is 435. The second-order valence-electron chi connectivity index (χ2n) is 5.88. The van der Waals surface area contributed by atoms with Crippen LogP contribution in [0.5, 0.6) is 0 Å². The van der Waals surface area contributed by atoms with Crippen molar-refractivity contribution in [3.8, 4) is 0 Å². The van der Waals surface area contributed by atoms with Gasteiger partial charge in [-0.2, -0.15) is 0 Å². The van der Waals surface area contributed by atoms with Gasteiger partial charge in [-0.1, -0.05) is 19.1 Å². The Balaban J connectivity index is 2.41. The van der Waals surface area contributed by atoms with Crippen molar-refractivity contribution >= 4 is 0 Å². The van der Waals surface area contributed by atoms with Crippen molar-refractivity contribution in [3.63, 3.8) is 0 Å². The molecule has 1 aliphatic heterocycles. The molecule has 1 unspecified atom stereocenters. The minimum absolute atomic E-state index is 0.196. The van der Waals surface area contributed by atoms with E-state index in [2.05, 4.69) is 39.8 Å². The highest BCUT2D eigenvalue weighted by Crippen LogP contribution is 2.42. The molecule has 0 aromatic heterocycles. The summed E-state index contributed by atoms with van der Waals surface area (Å²) in [6.07, 6.45) is 1.07. The molecule has 2 nitrogen and oxygen atoms in total. The predicted octanol–water partition coefficient (Wildman–Crippen LogP) is 2.86. The third kappa shape index (κ3) is 2.08. The van der Waals surface area contributed by atoms with Crippen LogP contribution in [0.3, 0.4) is 0 Å². The second-order valence-corrected chi connectivity index (χ2v) is 5.88. The maximum absolute atomic E-state index is 5.73. The average Bonchev–Trinajstić information content (AvgIpc) is 2.24. The lowest BCUT2D eigenvalue weighted by atomic mass is 9.66. The van der Waals surface area contributed by atoms with Crippen molar-refractivity contribution in [1.82, 2.24) is 0 Å². The topological polar surface area (TPSA) is 35.2 Å². The molecule has 1 saturated heterocycles. The molecule has 0 spiro atoms. The van der Waals surface area contributed by atoms with Crippen LogP contribution in [0.25, 0.3) is 0 Å². The molecule has 18 heavy (non-hydrogen) atoms. The summed E-state index contributed by atoms with van der Waals surface area (Å²) in [5, 5.41) is 0. The lowest BCUT2D eigenvalue weighted by Crippen LogP contribution is -2.52. The van der Waals surface area contributed by atoms with Gasteiger partial charge in [-0.3, -0.25) is 0 Å². The maximum Gasteiger partial charge on any atom is 0.0588 e. The molecule has 2 N–H and O–H groups in total. The Hall–Kier alpha value is -0.860. The van der Waals surface area contributed by atoms with E-state index >= 15 is 0 Å². The molecule has 1 aromatic rings. The highest BCUT2D eigenvalue weighted by molar-refractivity contribution is 5.42. The zero-order valence-electron chi connectivity index (χ0n) is 12.0. The van der Waals surface area contributed by atoms with E-state index in [1.165, 1.54) is 22.3 Å². The van der Waals surface area contributed by atoms with Gasteiger partial charge in [0.25, 0.3) is 0 Å². The van der Waals surface area contributed by atoms with E-state index in [-0.39, 0.29) is 5.41 Å². The lowest BCUT2D eigenvalue weighted by Gasteiger charge is -2.47. The van der Waals surface area contributed by atoms with Crippen LogP contribution < -0.4 is 5.73 Å². The van der Waals surface area contributed by atoms with Crippen LogP contribution >= 0.6 is 0 Å². The van der Waals surface area contributed by atoms with E-state index in [9.17, 15) is 0 Å². The van der Waals surface area contributed by atoms with Gasteiger partial charge in [0.1, 0.15) is 0 Å². The van der Waals surface area contributed by atoms with Crippen LogP contribution in [0.2, 0.25) is 0 Å².